The minimum Gasteiger partial charge on any atom is -0.355 e. The Labute approximate surface area is 185 Å². The van der Waals surface area contributed by atoms with Crippen LogP contribution in [0.2, 0.25) is 0 Å². The molecule has 5 nitrogen and oxygen atoms in total. The maximum absolute atomic E-state index is 12.8. The molecule has 4 rings (SSSR count). The fourth-order valence-corrected chi connectivity index (χ4v) is 3.71. The molecular formula is C21H19BrIN3O2. The first-order valence-corrected chi connectivity index (χ1v) is 10.9. The lowest BCUT2D eigenvalue weighted by Crippen LogP contribution is -2.25. The van der Waals surface area contributed by atoms with Crippen molar-refractivity contribution < 1.29 is 9.63 Å². The van der Waals surface area contributed by atoms with Crippen molar-refractivity contribution in [2.75, 3.05) is 11.9 Å². The molecule has 1 aromatic heterocycles. The molecule has 1 aliphatic carbocycles. The van der Waals surface area contributed by atoms with Crippen LogP contribution < -0.4 is 10.8 Å². The Kier molecular flexibility index (Phi) is 6.03. The van der Waals surface area contributed by atoms with Gasteiger partial charge < -0.3 is 9.88 Å². The van der Waals surface area contributed by atoms with Crippen molar-refractivity contribution in [3.05, 3.63) is 74.5 Å². The topological polar surface area (TPSA) is 55.3 Å². The van der Waals surface area contributed by atoms with Crippen LogP contribution in [0.3, 0.4) is 0 Å². The summed E-state index contributed by atoms with van der Waals surface area (Å²) in [6, 6.07) is 15.7. The van der Waals surface area contributed by atoms with E-state index in [1.165, 1.54) is 12.8 Å². The maximum Gasteiger partial charge on any atom is 0.276 e. The number of nitrogens with one attached hydrogen (secondary N) is 2. The zero-order chi connectivity index (χ0) is 19.5. The van der Waals surface area contributed by atoms with Crippen molar-refractivity contribution in [2.24, 2.45) is 5.92 Å². The van der Waals surface area contributed by atoms with E-state index in [4.69, 9.17) is 4.84 Å². The number of carbonyl (C=O) groups is 1. The smallest absolute Gasteiger partial charge is 0.276 e. The molecule has 3 aromatic rings. The van der Waals surface area contributed by atoms with Crippen LogP contribution in [0.5, 0.6) is 0 Å². The van der Waals surface area contributed by atoms with Gasteiger partial charge in [-0.25, -0.2) is 5.48 Å². The van der Waals surface area contributed by atoms with Crippen LogP contribution in [0.1, 0.15) is 23.2 Å². The van der Waals surface area contributed by atoms with Crippen LogP contribution in [0.25, 0.3) is 5.69 Å². The van der Waals surface area contributed by atoms with Gasteiger partial charge in [0.05, 0.1) is 23.5 Å². The van der Waals surface area contributed by atoms with E-state index in [0.717, 1.165) is 19.4 Å². The lowest BCUT2D eigenvalue weighted by atomic mass is 10.1. The molecule has 28 heavy (non-hydrogen) atoms. The third-order valence-electron chi connectivity index (χ3n) is 4.52. The molecule has 1 fully saturated rings. The summed E-state index contributed by atoms with van der Waals surface area (Å²) in [6.45, 7) is 0.564. The molecule has 2 N–H and O–H groups in total. The van der Waals surface area contributed by atoms with Crippen molar-refractivity contribution in [1.82, 2.24) is 10.0 Å². The van der Waals surface area contributed by atoms with Crippen LogP contribution in [-0.4, -0.2) is 17.1 Å². The van der Waals surface area contributed by atoms with E-state index in [2.05, 4.69) is 49.3 Å². The number of aromatic nitrogens is 1. The van der Waals surface area contributed by atoms with Crippen LogP contribution in [0.15, 0.2) is 65.4 Å². The predicted molar refractivity (Wildman–Crippen MR) is 122 cm³/mol. The monoisotopic (exact) mass is 551 g/mol. The summed E-state index contributed by atoms with van der Waals surface area (Å²) in [7, 11) is 0. The van der Waals surface area contributed by atoms with E-state index in [-0.39, 0.29) is 5.91 Å². The highest BCUT2D eigenvalue weighted by molar-refractivity contribution is 14.1. The van der Waals surface area contributed by atoms with Crippen molar-refractivity contribution in [1.29, 1.82) is 0 Å². The van der Waals surface area contributed by atoms with E-state index in [0.29, 0.717) is 23.8 Å². The van der Waals surface area contributed by atoms with Gasteiger partial charge in [-0.2, -0.15) is 0 Å². The van der Waals surface area contributed by atoms with Gasteiger partial charge >= 0.3 is 0 Å². The van der Waals surface area contributed by atoms with E-state index < -0.39 is 0 Å². The normalized spacial score (nSPS) is 13.4. The Bertz CT molecular complexity index is 970. The van der Waals surface area contributed by atoms with Crippen molar-refractivity contribution in [3.63, 3.8) is 0 Å². The number of anilines is 2. The second kappa shape index (κ2) is 8.67. The molecule has 144 valence electrons. The first-order chi connectivity index (χ1) is 13.6. The fourth-order valence-electron chi connectivity index (χ4n) is 2.80. The Balaban J connectivity index is 1.64. The van der Waals surface area contributed by atoms with Gasteiger partial charge in [-0.15, -0.1) is 0 Å². The molecule has 0 spiro atoms. The summed E-state index contributed by atoms with van der Waals surface area (Å²) in [5.74, 6) is 0.306. The lowest BCUT2D eigenvalue weighted by Gasteiger charge is -2.16. The molecule has 0 bridgehead atoms. The summed E-state index contributed by atoms with van der Waals surface area (Å²) in [4.78, 5) is 18.1. The fraction of sp³-hybridized carbons (Fsp3) is 0.190. The Morgan fingerprint density at radius 2 is 1.89 bits per heavy atom. The third-order valence-corrected chi connectivity index (χ3v) is 5.87. The molecule has 1 saturated carbocycles. The van der Waals surface area contributed by atoms with E-state index in [9.17, 15) is 4.79 Å². The summed E-state index contributed by atoms with van der Waals surface area (Å²) in [6.07, 6.45) is 6.28. The first kappa shape index (κ1) is 19.5. The largest absolute Gasteiger partial charge is 0.355 e. The summed E-state index contributed by atoms with van der Waals surface area (Å²) in [5.41, 5.74) is 5.65. The summed E-state index contributed by atoms with van der Waals surface area (Å²) >= 11 is 5.87. The number of hydroxylamine groups is 1. The Morgan fingerprint density at radius 3 is 2.57 bits per heavy atom. The van der Waals surface area contributed by atoms with Crippen molar-refractivity contribution >= 4 is 55.8 Å². The molecule has 0 radical (unpaired) electrons. The number of nitrogens with zero attached hydrogens (tertiary/aromatic N) is 1. The molecule has 0 saturated heterocycles. The van der Waals surface area contributed by atoms with Gasteiger partial charge in [0, 0.05) is 26.1 Å². The number of halogens is 2. The molecule has 2 aromatic carbocycles. The van der Waals surface area contributed by atoms with Gasteiger partial charge in [0.2, 0.25) is 0 Å². The van der Waals surface area contributed by atoms with Crippen molar-refractivity contribution in [3.8, 4) is 5.69 Å². The molecule has 0 unspecified atom stereocenters. The third kappa shape index (κ3) is 4.76. The predicted octanol–water partition coefficient (Wildman–Crippen LogP) is 5.66. The number of amides is 1. The highest BCUT2D eigenvalue weighted by Gasteiger charge is 2.22. The molecule has 1 heterocycles. The highest BCUT2D eigenvalue weighted by Crippen LogP contribution is 2.31. The van der Waals surface area contributed by atoms with Gasteiger partial charge in [0.1, 0.15) is 0 Å². The van der Waals surface area contributed by atoms with Gasteiger partial charge in [-0.3, -0.25) is 9.63 Å². The molecule has 0 aliphatic heterocycles. The number of hydrogen-bond donors (Lipinski definition) is 2. The zero-order valence-corrected chi connectivity index (χ0v) is 18.7. The zero-order valence-electron chi connectivity index (χ0n) is 15.0. The number of rotatable bonds is 7. The maximum atomic E-state index is 12.8. The van der Waals surface area contributed by atoms with Gasteiger partial charge in [0.15, 0.2) is 0 Å². The second-order valence-electron chi connectivity index (χ2n) is 6.76. The molecule has 1 aliphatic rings. The van der Waals surface area contributed by atoms with Gasteiger partial charge in [0.25, 0.3) is 5.91 Å². The minimum atomic E-state index is -0.270. The minimum absolute atomic E-state index is 0.270. The van der Waals surface area contributed by atoms with Crippen LogP contribution in [0.4, 0.5) is 11.4 Å². The van der Waals surface area contributed by atoms with Gasteiger partial charge in [-0.05, 0) is 106 Å². The average Bonchev–Trinajstić information content (AvgIpc) is 3.35. The van der Waals surface area contributed by atoms with E-state index in [1.807, 2.05) is 65.5 Å². The molecule has 1 amide bonds. The Morgan fingerprint density at radius 1 is 1.18 bits per heavy atom. The second-order valence-corrected chi connectivity index (χ2v) is 8.86. The van der Waals surface area contributed by atoms with Crippen LogP contribution in [-0.2, 0) is 4.84 Å². The van der Waals surface area contributed by atoms with E-state index >= 15 is 0 Å². The summed E-state index contributed by atoms with van der Waals surface area (Å²) in [5, 5.41) is 3.37. The Hall–Kier alpha value is -1.84. The standard InChI is InChI=1S/C21H19BrIN3O2/c22-18-11-17(21(27)25-28-13-14-3-4-14)19(12-20(18)26-9-1-2-10-26)24-16-7-5-15(23)6-8-16/h1-2,5-12,14,24H,3-4,13H2,(H,25,27). The average molecular weight is 552 g/mol. The quantitative estimate of drug-likeness (QED) is 0.294. The molecule has 0 atom stereocenters. The van der Waals surface area contributed by atoms with Crippen LogP contribution >= 0.6 is 38.5 Å². The molecule has 7 heteroatoms. The number of benzene rings is 2. The van der Waals surface area contributed by atoms with E-state index in [1.54, 1.807) is 0 Å². The SMILES string of the molecule is O=C(NOCC1CC1)c1cc(Br)c(-n2cccc2)cc1Nc1ccc(I)cc1. The molecular weight excluding hydrogens is 533 g/mol. The number of carbonyl (C=O) groups excluding carboxylic acids is 1. The lowest BCUT2D eigenvalue weighted by molar-refractivity contribution is 0.0271. The van der Waals surface area contributed by atoms with Crippen molar-refractivity contribution in [2.45, 2.75) is 12.8 Å². The first-order valence-electron chi connectivity index (χ1n) is 9.02. The van der Waals surface area contributed by atoms with Crippen LogP contribution in [0, 0.1) is 9.49 Å². The number of hydrogen-bond acceptors (Lipinski definition) is 3. The highest BCUT2D eigenvalue weighted by atomic mass is 127. The summed E-state index contributed by atoms with van der Waals surface area (Å²) < 4.78 is 3.97. The van der Waals surface area contributed by atoms with Gasteiger partial charge in [-0.1, -0.05) is 0 Å².